The lowest BCUT2D eigenvalue weighted by atomic mass is 9.96. The van der Waals surface area contributed by atoms with Crippen LogP contribution < -0.4 is 19.6 Å². The van der Waals surface area contributed by atoms with Crippen molar-refractivity contribution in [1.29, 1.82) is 0 Å². The summed E-state index contributed by atoms with van der Waals surface area (Å²) < 4.78 is 14.8. The molecule has 1 atom stereocenters. The number of rotatable bonds is 9. The molecule has 0 spiro atoms. The van der Waals surface area contributed by atoms with Crippen LogP contribution in [0.25, 0.3) is 23.0 Å². The number of nitrogens with zero attached hydrogens (tertiary/aromatic N) is 4. The van der Waals surface area contributed by atoms with Crippen LogP contribution in [0.15, 0.2) is 111 Å². The van der Waals surface area contributed by atoms with Gasteiger partial charge in [0.15, 0.2) is 4.80 Å². The van der Waals surface area contributed by atoms with Crippen molar-refractivity contribution in [1.82, 2.24) is 14.3 Å². The summed E-state index contributed by atoms with van der Waals surface area (Å²) >= 11 is 2.92. The van der Waals surface area contributed by atoms with Crippen LogP contribution in [0.4, 0.5) is 0 Å². The van der Waals surface area contributed by atoms with Gasteiger partial charge in [0.2, 0.25) is 0 Å². The van der Waals surface area contributed by atoms with E-state index >= 15 is 0 Å². The highest BCUT2D eigenvalue weighted by Gasteiger charge is 2.33. The largest absolute Gasteiger partial charge is 0.494 e. The Morgan fingerprint density at radius 3 is 2.44 bits per heavy atom. The van der Waals surface area contributed by atoms with Gasteiger partial charge < -0.3 is 9.47 Å². The van der Waals surface area contributed by atoms with Crippen LogP contribution in [0.2, 0.25) is 0 Å². The fourth-order valence-electron chi connectivity index (χ4n) is 5.29. The van der Waals surface area contributed by atoms with E-state index in [0.717, 1.165) is 45.1 Å². The predicted octanol–water partition coefficient (Wildman–Crippen LogP) is 5.77. The van der Waals surface area contributed by atoms with Crippen molar-refractivity contribution in [3.63, 3.8) is 0 Å². The van der Waals surface area contributed by atoms with Gasteiger partial charge in [-0.05, 0) is 79.8 Å². The number of aromatic nitrogens is 3. The molecule has 0 bridgehead atoms. The standard InChI is InChI=1S/C35H32N4O4S2/c1-5-19-43-27-15-11-23(12-16-27)31-25(21-38(37-31)26-9-7-6-8-10-26)20-29-33(40)39-32(24-13-17-28(44-4)18-14-24)30(34(41)42-3)22(2)36-35(39)45-29/h6-18,20-21,32H,5,19H2,1-4H3. The van der Waals surface area contributed by atoms with Gasteiger partial charge in [-0.25, -0.2) is 14.5 Å². The first kappa shape index (κ1) is 30.4. The van der Waals surface area contributed by atoms with E-state index in [2.05, 4.69) is 6.92 Å². The van der Waals surface area contributed by atoms with E-state index in [4.69, 9.17) is 19.6 Å². The Morgan fingerprint density at radius 2 is 1.78 bits per heavy atom. The molecule has 0 radical (unpaired) electrons. The average molecular weight is 637 g/mol. The second-order valence-electron chi connectivity index (χ2n) is 10.4. The Kier molecular flexibility index (Phi) is 8.86. The molecule has 6 rings (SSSR count). The Hall–Kier alpha value is -4.67. The number of para-hydroxylation sites is 1. The monoisotopic (exact) mass is 636 g/mol. The first-order chi connectivity index (χ1) is 21.9. The van der Waals surface area contributed by atoms with Crippen LogP contribution in [0.1, 0.15) is 37.4 Å². The smallest absolute Gasteiger partial charge is 0.338 e. The van der Waals surface area contributed by atoms with Crippen LogP contribution >= 0.6 is 23.1 Å². The molecular formula is C35H32N4O4S2. The molecule has 1 aliphatic heterocycles. The summed E-state index contributed by atoms with van der Waals surface area (Å²) in [4.78, 5) is 33.6. The third-order valence-electron chi connectivity index (χ3n) is 7.51. The summed E-state index contributed by atoms with van der Waals surface area (Å²) in [5.74, 6) is 0.280. The third-order valence-corrected chi connectivity index (χ3v) is 9.24. The lowest BCUT2D eigenvalue weighted by Gasteiger charge is -2.24. The maximum atomic E-state index is 14.2. The molecule has 0 N–H and O–H groups in total. The summed E-state index contributed by atoms with van der Waals surface area (Å²) in [6.07, 6.45) is 6.71. The first-order valence-corrected chi connectivity index (χ1v) is 16.6. The number of hydrogen-bond acceptors (Lipinski definition) is 8. The van der Waals surface area contributed by atoms with Crippen molar-refractivity contribution >= 4 is 35.1 Å². The molecule has 3 heterocycles. The van der Waals surface area contributed by atoms with E-state index in [1.165, 1.54) is 18.4 Å². The molecule has 0 aliphatic carbocycles. The number of thiazole rings is 1. The number of carbonyl (C=O) groups is 1. The summed E-state index contributed by atoms with van der Waals surface area (Å²) in [5, 5.41) is 4.93. The molecule has 8 nitrogen and oxygen atoms in total. The number of carbonyl (C=O) groups excluding carboxylic acids is 1. The number of allylic oxidation sites excluding steroid dienone is 1. The Labute approximate surface area is 269 Å². The van der Waals surface area contributed by atoms with Crippen molar-refractivity contribution in [2.24, 2.45) is 4.99 Å². The number of esters is 1. The second kappa shape index (κ2) is 13.1. The predicted molar refractivity (Wildman–Crippen MR) is 179 cm³/mol. The molecule has 228 valence electrons. The van der Waals surface area contributed by atoms with Crippen molar-refractivity contribution in [3.8, 4) is 22.7 Å². The van der Waals surface area contributed by atoms with Crippen molar-refractivity contribution in [3.05, 3.63) is 127 Å². The third kappa shape index (κ3) is 6.03. The highest BCUT2D eigenvalue weighted by Crippen LogP contribution is 2.32. The fourth-order valence-corrected chi connectivity index (χ4v) is 6.74. The molecular weight excluding hydrogens is 605 g/mol. The second-order valence-corrected chi connectivity index (χ2v) is 12.3. The topological polar surface area (TPSA) is 87.7 Å². The summed E-state index contributed by atoms with van der Waals surface area (Å²) in [5.41, 5.74) is 4.72. The van der Waals surface area contributed by atoms with Gasteiger partial charge in [0.1, 0.15) is 11.4 Å². The van der Waals surface area contributed by atoms with Gasteiger partial charge in [-0.2, -0.15) is 5.10 Å². The minimum atomic E-state index is -0.672. The van der Waals surface area contributed by atoms with Crippen LogP contribution in [0.5, 0.6) is 5.75 Å². The van der Waals surface area contributed by atoms with Gasteiger partial charge in [-0.1, -0.05) is 48.6 Å². The Morgan fingerprint density at radius 1 is 1.04 bits per heavy atom. The maximum Gasteiger partial charge on any atom is 0.338 e. The number of methoxy groups -OCH3 is 1. The Balaban J connectivity index is 1.52. The van der Waals surface area contributed by atoms with Crippen molar-refractivity contribution in [2.75, 3.05) is 20.0 Å². The molecule has 5 aromatic rings. The van der Waals surface area contributed by atoms with Gasteiger partial charge in [-0.15, -0.1) is 11.8 Å². The fraction of sp³-hybridized carbons (Fsp3) is 0.200. The van der Waals surface area contributed by atoms with Crippen LogP contribution in [-0.4, -0.2) is 40.3 Å². The minimum Gasteiger partial charge on any atom is -0.494 e. The maximum absolute atomic E-state index is 14.2. The number of fused-ring (bicyclic) bond motifs is 1. The van der Waals surface area contributed by atoms with Gasteiger partial charge in [0, 0.05) is 22.2 Å². The lowest BCUT2D eigenvalue weighted by molar-refractivity contribution is -0.136. The molecule has 45 heavy (non-hydrogen) atoms. The molecule has 1 unspecified atom stereocenters. The molecule has 0 amide bonds. The SMILES string of the molecule is CCCOc1ccc(-c2nn(-c3ccccc3)cc2C=c2sc3n(c2=O)C(c2ccc(SC)cc2)C(C(=O)OC)=C(C)N=3)cc1. The number of thioether (sulfide) groups is 1. The van der Waals surface area contributed by atoms with E-state index in [1.807, 2.05) is 102 Å². The highest BCUT2D eigenvalue weighted by molar-refractivity contribution is 7.98. The van der Waals surface area contributed by atoms with Crippen LogP contribution in [0.3, 0.4) is 0 Å². The summed E-state index contributed by atoms with van der Waals surface area (Å²) in [6, 6.07) is 24.9. The van der Waals surface area contributed by atoms with Gasteiger partial charge in [-0.3, -0.25) is 9.36 Å². The van der Waals surface area contributed by atoms with E-state index in [0.29, 0.717) is 27.2 Å². The molecule has 0 saturated carbocycles. The van der Waals surface area contributed by atoms with E-state index < -0.39 is 12.0 Å². The number of hydrogen-bond donors (Lipinski definition) is 0. The van der Waals surface area contributed by atoms with Crippen molar-refractivity contribution < 1.29 is 14.3 Å². The summed E-state index contributed by atoms with van der Waals surface area (Å²) in [7, 11) is 1.34. The van der Waals surface area contributed by atoms with Crippen molar-refractivity contribution in [2.45, 2.75) is 31.2 Å². The van der Waals surface area contributed by atoms with E-state index in [1.54, 1.807) is 23.3 Å². The lowest BCUT2D eigenvalue weighted by Crippen LogP contribution is -2.39. The van der Waals surface area contributed by atoms with Crippen LogP contribution in [-0.2, 0) is 9.53 Å². The van der Waals surface area contributed by atoms with Gasteiger partial charge >= 0.3 is 5.97 Å². The molecule has 0 fully saturated rings. The Bertz CT molecular complexity index is 2060. The number of benzene rings is 3. The molecule has 1 aliphatic rings. The molecule has 0 saturated heterocycles. The van der Waals surface area contributed by atoms with E-state index in [9.17, 15) is 9.59 Å². The first-order valence-electron chi connectivity index (χ1n) is 14.5. The van der Waals surface area contributed by atoms with Crippen LogP contribution in [0, 0.1) is 0 Å². The number of ether oxygens (including phenoxy) is 2. The molecule has 2 aromatic heterocycles. The van der Waals surface area contributed by atoms with Gasteiger partial charge in [0.05, 0.1) is 41.2 Å². The summed E-state index contributed by atoms with van der Waals surface area (Å²) in [6.45, 7) is 4.50. The highest BCUT2D eigenvalue weighted by atomic mass is 32.2. The quantitative estimate of drug-likeness (QED) is 0.151. The zero-order chi connectivity index (χ0) is 31.5. The molecule has 3 aromatic carbocycles. The van der Waals surface area contributed by atoms with E-state index in [-0.39, 0.29) is 5.56 Å². The zero-order valence-electron chi connectivity index (χ0n) is 25.4. The molecule has 10 heteroatoms. The average Bonchev–Trinajstić information content (AvgIpc) is 3.63. The minimum absolute atomic E-state index is 0.242. The normalized spacial score (nSPS) is 14.7. The zero-order valence-corrected chi connectivity index (χ0v) is 27.0. The van der Waals surface area contributed by atoms with Gasteiger partial charge in [0.25, 0.3) is 5.56 Å².